The predicted molar refractivity (Wildman–Crippen MR) is 130 cm³/mol. The van der Waals surface area contributed by atoms with Gasteiger partial charge in [-0.3, -0.25) is 9.69 Å². The van der Waals surface area contributed by atoms with Gasteiger partial charge in [-0.25, -0.2) is 4.39 Å². The summed E-state index contributed by atoms with van der Waals surface area (Å²) in [5, 5.41) is 3.19. The van der Waals surface area contributed by atoms with Crippen molar-refractivity contribution in [1.82, 2.24) is 15.1 Å². The van der Waals surface area contributed by atoms with Crippen LogP contribution in [0.4, 0.5) is 4.39 Å². The van der Waals surface area contributed by atoms with Crippen LogP contribution < -0.4 is 5.32 Å². The van der Waals surface area contributed by atoms with Crippen molar-refractivity contribution in [3.63, 3.8) is 0 Å². The monoisotopic (exact) mass is 449 g/mol. The van der Waals surface area contributed by atoms with E-state index in [1.807, 2.05) is 36.4 Å². The standard InChI is InChI=1S/C26H28FN3OS/c1-29-15-17-30(18-16-29)19-24(20-5-3-2-4-6-20)28-26(31)14-12-23-11-13-25(32-23)21-7-9-22(27)10-8-21/h2-14,24H,15-19H2,1H3,(H,28,31)/b14-12+. The van der Waals surface area contributed by atoms with Gasteiger partial charge >= 0.3 is 0 Å². The molecule has 4 rings (SSSR count). The zero-order valence-electron chi connectivity index (χ0n) is 18.2. The van der Waals surface area contributed by atoms with Crippen LogP contribution in [0.15, 0.2) is 72.8 Å². The molecular weight excluding hydrogens is 421 g/mol. The van der Waals surface area contributed by atoms with Gasteiger partial charge in [0, 0.05) is 48.6 Å². The SMILES string of the molecule is CN1CCN(CC(NC(=O)/C=C/c2ccc(-c3ccc(F)cc3)s2)c2ccccc2)CC1. The van der Waals surface area contributed by atoms with Crippen LogP contribution in [-0.4, -0.2) is 55.5 Å². The molecule has 2 heterocycles. The first-order valence-electron chi connectivity index (χ1n) is 10.9. The number of carbonyl (C=O) groups is 1. The first-order chi connectivity index (χ1) is 15.6. The second-order valence-electron chi connectivity index (χ2n) is 8.12. The lowest BCUT2D eigenvalue weighted by Gasteiger charge is -2.34. The molecule has 3 aromatic rings. The largest absolute Gasteiger partial charge is 0.344 e. The molecule has 1 N–H and O–H groups in total. The normalized spacial score (nSPS) is 16.3. The number of nitrogens with one attached hydrogen (secondary N) is 1. The molecule has 166 valence electrons. The van der Waals surface area contributed by atoms with Crippen LogP contribution in [0.2, 0.25) is 0 Å². The van der Waals surface area contributed by atoms with E-state index in [0.29, 0.717) is 0 Å². The Kier molecular flexibility index (Phi) is 7.47. The van der Waals surface area contributed by atoms with Gasteiger partial charge in [0.2, 0.25) is 5.91 Å². The average molecular weight is 450 g/mol. The number of carbonyl (C=O) groups excluding carboxylic acids is 1. The van der Waals surface area contributed by atoms with Gasteiger partial charge in [0.15, 0.2) is 0 Å². The highest BCUT2D eigenvalue weighted by Crippen LogP contribution is 2.29. The quantitative estimate of drug-likeness (QED) is 0.533. The Morgan fingerprint density at radius 3 is 2.47 bits per heavy atom. The van der Waals surface area contributed by atoms with Crippen LogP contribution in [0.1, 0.15) is 16.5 Å². The third-order valence-electron chi connectivity index (χ3n) is 5.71. The molecule has 1 unspecified atom stereocenters. The van der Waals surface area contributed by atoms with E-state index in [2.05, 4.69) is 34.3 Å². The van der Waals surface area contributed by atoms with Crippen molar-refractivity contribution in [2.75, 3.05) is 39.8 Å². The molecule has 1 amide bonds. The van der Waals surface area contributed by atoms with Crippen molar-refractivity contribution >= 4 is 23.3 Å². The van der Waals surface area contributed by atoms with E-state index in [1.165, 1.54) is 12.1 Å². The number of amides is 1. The minimum Gasteiger partial charge on any atom is -0.344 e. The van der Waals surface area contributed by atoms with E-state index in [4.69, 9.17) is 0 Å². The zero-order valence-corrected chi connectivity index (χ0v) is 19.0. The summed E-state index contributed by atoms with van der Waals surface area (Å²) >= 11 is 1.58. The number of halogens is 1. The summed E-state index contributed by atoms with van der Waals surface area (Å²) < 4.78 is 13.2. The van der Waals surface area contributed by atoms with Crippen molar-refractivity contribution in [3.05, 3.63) is 89.1 Å². The van der Waals surface area contributed by atoms with Gasteiger partial charge in [-0.1, -0.05) is 42.5 Å². The fraction of sp³-hybridized carbons (Fsp3) is 0.269. The number of thiophene rings is 1. The first-order valence-corrected chi connectivity index (χ1v) is 11.7. The molecule has 0 radical (unpaired) electrons. The van der Waals surface area contributed by atoms with Crippen molar-refractivity contribution < 1.29 is 9.18 Å². The third kappa shape index (κ3) is 6.13. The molecule has 2 aromatic carbocycles. The highest BCUT2D eigenvalue weighted by molar-refractivity contribution is 7.16. The summed E-state index contributed by atoms with van der Waals surface area (Å²) in [5.74, 6) is -0.351. The zero-order chi connectivity index (χ0) is 22.3. The number of likely N-dealkylation sites (N-methyl/N-ethyl adjacent to an activating group) is 1. The molecule has 0 saturated carbocycles. The van der Waals surface area contributed by atoms with E-state index < -0.39 is 0 Å². The Morgan fingerprint density at radius 2 is 1.75 bits per heavy atom. The summed E-state index contributed by atoms with van der Waals surface area (Å²) in [6, 6.07) is 20.5. The van der Waals surface area contributed by atoms with Crippen LogP contribution in [0, 0.1) is 5.82 Å². The smallest absolute Gasteiger partial charge is 0.244 e. The maximum absolute atomic E-state index is 13.2. The molecule has 4 nitrogen and oxygen atoms in total. The van der Waals surface area contributed by atoms with Gasteiger partial charge in [-0.05, 0) is 48.5 Å². The van der Waals surface area contributed by atoms with Crippen LogP contribution in [0.5, 0.6) is 0 Å². The second kappa shape index (κ2) is 10.7. The van der Waals surface area contributed by atoms with E-state index >= 15 is 0 Å². The Balaban J connectivity index is 1.40. The Morgan fingerprint density at radius 1 is 1.03 bits per heavy atom. The van der Waals surface area contributed by atoms with Crippen LogP contribution in [0.25, 0.3) is 16.5 Å². The molecular formula is C26H28FN3OS. The number of benzene rings is 2. The highest BCUT2D eigenvalue weighted by atomic mass is 32.1. The molecule has 1 aliphatic rings. The number of rotatable bonds is 7. The molecule has 0 bridgehead atoms. The number of piperazine rings is 1. The Bertz CT molecular complexity index is 1040. The van der Waals surface area contributed by atoms with E-state index in [-0.39, 0.29) is 17.8 Å². The topological polar surface area (TPSA) is 35.6 Å². The molecule has 1 atom stereocenters. The van der Waals surface area contributed by atoms with Crippen molar-refractivity contribution in [1.29, 1.82) is 0 Å². The van der Waals surface area contributed by atoms with Gasteiger partial charge in [-0.2, -0.15) is 0 Å². The third-order valence-corrected chi connectivity index (χ3v) is 6.81. The number of hydrogen-bond donors (Lipinski definition) is 1. The lowest BCUT2D eigenvalue weighted by molar-refractivity contribution is -0.117. The maximum Gasteiger partial charge on any atom is 0.244 e. The fourth-order valence-electron chi connectivity index (χ4n) is 3.80. The fourth-order valence-corrected chi connectivity index (χ4v) is 4.71. The minimum atomic E-state index is -0.244. The van der Waals surface area contributed by atoms with Crippen molar-refractivity contribution in [2.24, 2.45) is 0 Å². The predicted octanol–water partition coefficient (Wildman–Crippen LogP) is 4.67. The Hall–Kier alpha value is -2.80. The van der Waals surface area contributed by atoms with Crippen molar-refractivity contribution in [2.45, 2.75) is 6.04 Å². The summed E-state index contributed by atoms with van der Waals surface area (Å²) in [4.78, 5) is 19.5. The van der Waals surface area contributed by atoms with E-state index in [0.717, 1.165) is 53.6 Å². The number of nitrogens with zero attached hydrogens (tertiary/aromatic N) is 2. The molecule has 6 heteroatoms. The minimum absolute atomic E-state index is 0.0603. The lowest BCUT2D eigenvalue weighted by Crippen LogP contribution is -2.47. The molecule has 32 heavy (non-hydrogen) atoms. The molecule has 1 saturated heterocycles. The summed E-state index contributed by atoms with van der Waals surface area (Å²) in [6.07, 6.45) is 3.44. The molecule has 0 spiro atoms. The van der Waals surface area contributed by atoms with Gasteiger partial charge in [0.1, 0.15) is 5.82 Å². The van der Waals surface area contributed by atoms with Gasteiger partial charge < -0.3 is 10.2 Å². The summed E-state index contributed by atoms with van der Waals surface area (Å²) in [6.45, 7) is 4.90. The van der Waals surface area contributed by atoms with E-state index in [9.17, 15) is 9.18 Å². The van der Waals surface area contributed by atoms with Crippen LogP contribution in [0.3, 0.4) is 0 Å². The maximum atomic E-state index is 13.2. The summed E-state index contributed by atoms with van der Waals surface area (Å²) in [5.41, 5.74) is 2.08. The first kappa shape index (κ1) is 22.4. The second-order valence-corrected chi connectivity index (χ2v) is 9.23. The van der Waals surface area contributed by atoms with Gasteiger partial charge in [-0.15, -0.1) is 11.3 Å². The van der Waals surface area contributed by atoms with Gasteiger partial charge in [0.05, 0.1) is 6.04 Å². The average Bonchev–Trinajstić information content (AvgIpc) is 3.29. The van der Waals surface area contributed by atoms with Crippen LogP contribution in [-0.2, 0) is 4.79 Å². The Labute approximate surface area is 193 Å². The molecule has 1 aromatic heterocycles. The summed E-state index contributed by atoms with van der Waals surface area (Å²) in [7, 11) is 2.14. The van der Waals surface area contributed by atoms with Crippen LogP contribution >= 0.6 is 11.3 Å². The van der Waals surface area contributed by atoms with Gasteiger partial charge in [0.25, 0.3) is 0 Å². The number of hydrogen-bond acceptors (Lipinski definition) is 4. The molecule has 0 aliphatic carbocycles. The molecule has 1 fully saturated rings. The van der Waals surface area contributed by atoms with Crippen molar-refractivity contribution in [3.8, 4) is 10.4 Å². The van der Waals surface area contributed by atoms with E-state index in [1.54, 1.807) is 29.5 Å². The molecule has 1 aliphatic heterocycles. The lowest BCUT2D eigenvalue weighted by atomic mass is 10.1. The highest BCUT2D eigenvalue weighted by Gasteiger charge is 2.20.